The van der Waals surface area contributed by atoms with Crippen molar-refractivity contribution in [3.8, 4) is 0 Å². The van der Waals surface area contributed by atoms with E-state index in [0.29, 0.717) is 6.42 Å². The molecular formula is C23H27IN2O5. The van der Waals surface area contributed by atoms with E-state index in [-0.39, 0.29) is 18.9 Å². The number of alkyl carbamates (subject to hydrolysis) is 1. The lowest BCUT2D eigenvalue weighted by atomic mass is 10.0. The number of benzene rings is 2. The lowest BCUT2D eigenvalue weighted by Crippen LogP contribution is -2.52. The van der Waals surface area contributed by atoms with Gasteiger partial charge < -0.3 is 20.5 Å². The van der Waals surface area contributed by atoms with Crippen molar-refractivity contribution in [3.05, 3.63) is 69.3 Å². The van der Waals surface area contributed by atoms with Crippen LogP contribution in [0.25, 0.3) is 0 Å². The smallest absolute Gasteiger partial charge is 0.408 e. The summed E-state index contributed by atoms with van der Waals surface area (Å²) in [5.41, 5.74) is 1.62. The van der Waals surface area contributed by atoms with Gasteiger partial charge in [-0.15, -0.1) is 0 Å². The molecule has 0 saturated carbocycles. The lowest BCUT2D eigenvalue weighted by Gasteiger charge is -2.22. The Balaban J connectivity index is 1.99. The molecule has 0 radical (unpaired) electrons. The topological polar surface area (TPSA) is 105 Å². The molecule has 2 atom stereocenters. The molecular weight excluding hydrogens is 511 g/mol. The summed E-state index contributed by atoms with van der Waals surface area (Å²) in [4.78, 5) is 36.7. The molecule has 0 spiro atoms. The third kappa shape index (κ3) is 8.95. The molecule has 0 saturated heterocycles. The first-order valence-corrected chi connectivity index (χ1v) is 11.1. The summed E-state index contributed by atoms with van der Waals surface area (Å²) in [7, 11) is 0. The van der Waals surface area contributed by atoms with Crippen molar-refractivity contribution in [2.45, 2.75) is 45.4 Å². The first-order chi connectivity index (χ1) is 14.7. The molecule has 7 nitrogen and oxygen atoms in total. The van der Waals surface area contributed by atoms with Crippen LogP contribution in [-0.2, 0) is 27.4 Å². The number of carboxylic acid groups (broad SMARTS) is 1. The average molecular weight is 538 g/mol. The highest BCUT2D eigenvalue weighted by atomic mass is 127. The van der Waals surface area contributed by atoms with Gasteiger partial charge in [0, 0.05) is 9.99 Å². The summed E-state index contributed by atoms with van der Waals surface area (Å²) in [5, 5.41) is 14.7. The normalized spacial score (nSPS) is 12.6. The maximum Gasteiger partial charge on any atom is 0.408 e. The standard InChI is InChI=1S/C23H27IN2O5/c1-15(2)12-19(26-23(30)31-14-17-6-4-3-5-7-17)21(27)25-20(22(28)29)13-16-8-10-18(24)11-9-16/h3-11,15,19-20H,12-14H2,1-2H3,(H,25,27)(H,26,30)(H,28,29)/t19-,20+/m0/s1. The Bertz CT molecular complexity index is 871. The van der Waals surface area contributed by atoms with E-state index in [2.05, 4.69) is 33.2 Å². The second kappa shape index (κ2) is 12.3. The minimum Gasteiger partial charge on any atom is -0.480 e. The molecule has 0 aliphatic rings. The number of rotatable bonds is 10. The number of hydrogen-bond donors (Lipinski definition) is 3. The van der Waals surface area contributed by atoms with Crippen molar-refractivity contribution in [1.29, 1.82) is 0 Å². The van der Waals surface area contributed by atoms with Crippen LogP contribution in [0.15, 0.2) is 54.6 Å². The first kappa shape index (κ1) is 24.6. The molecule has 2 aromatic rings. The zero-order valence-corrected chi connectivity index (χ0v) is 19.7. The SMILES string of the molecule is CC(C)C[C@H](NC(=O)OCc1ccccc1)C(=O)N[C@H](Cc1ccc(I)cc1)C(=O)O. The van der Waals surface area contributed by atoms with E-state index in [4.69, 9.17) is 4.74 Å². The Hall–Kier alpha value is -2.62. The van der Waals surface area contributed by atoms with E-state index >= 15 is 0 Å². The molecule has 8 heteroatoms. The van der Waals surface area contributed by atoms with Crippen LogP contribution in [0.5, 0.6) is 0 Å². The molecule has 0 aliphatic carbocycles. The van der Waals surface area contributed by atoms with Gasteiger partial charge >= 0.3 is 12.1 Å². The van der Waals surface area contributed by atoms with Gasteiger partial charge in [-0.05, 0) is 58.2 Å². The zero-order valence-electron chi connectivity index (χ0n) is 17.5. The monoisotopic (exact) mass is 538 g/mol. The Morgan fingerprint density at radius 2 is 1.58 bits per heavy atom. The molecule has 3 N–H and O–H groups in total. The maximum absolute atomic E-state index is 12.8. The van der Waals surface area contributed by atoms with Gasteiger partial charge in [-0.3, -0.25) is 4.79 Å². The Kier molecular flexibility index (Phi) is 9.77. The van der Waals surface area contributed by atoms with E-state index in [1.807, 2.05) is 68.4 Å². The van der Waals surface area contributed by atoms with Crippen LogP contribution in [0.2, 0.25) is 0 Å². The van der Waals surface area contributed by atoms with Crippen molar-refractivity contribution in [3.63, 3.8) is 0 Å². The minimum absolute atomic E-state index is 0.0766. The molecule has 2 aromatic carbocycles. The van der Waals surface area contributed by atoms with Crippen LogP contribution in [-0.4, -0.2) is 35.2 Å². The van der Waals surface area contributed by atoms with E-state index < -0.39 is 30.1 Å². The molecule has 0 unspecified atom stereocenters. The fraction of sp³-hybridized carbons (Fsp3) is 0.348. The van der Waals surface area contributed by atoms with Crippen LogP contribution in [0.1, 0.15) is 31.4 Å². The van der Waals surface area contributed by atoms with Gasteiger partial charge in [-0.1, -0.05) is 56.3 Å². The Morgan fingerprint density at radius 1 is 0.935 bits per heavy atom. The van der Waals surface area contributed by atoms with Crippen LogP contribution in [0.3, 0.4) is 0 Å². The molecule has 2 amide bonds. The van der Waals surface area contributed by atoms with Gasteiger partial charge in [0.2, 0.25) is 5.91 Å². The molecule has 0 heterocycles. The predicted molar refractivity (Wildman–Crippen MR) is 125 cm³/mol. The number of halogens is 1. The number of aliphatic carboxylic acids is 1. The number of nitrogens with one attached hydrogen (secondary N) is 2. The number of amides is 2. The third-order valence-electron chi connectivity index (χ3n) is 4.50. The third-order valence-corrected chi connectivity index (χ3v) is 5.22. The number of ether oxygens (including phenoxy) is 1. The molecule has 0 bridgehead atoms. The van der Waals surface area contributed by atoms with E-state index in [1.54, 1.807) is 0 Å². The van der Waals surface area contributed by atoms with Gasteiger partial charge in [0.05, 0.1) is 0 Å². The van der Waals surface area contributed by atoms with Crippen LogP contribution >= 0.6 is 22.6 Å². The summed E-state index contributed by atoms with van der Waals surface area (Å²) in [6.07, 6.45) is -0.235. The molecule has 2 rings (SSSR count). The lowest BCUT2D eigenvalue weighted by molar-refractivity contribution is -0.142. The summed E-state index contributed by atoms with van der Waals surface area (Å²) < 4.78 is 6.24. The Labute approximate surface area is 195 Å². The highest BCUT2D eigenvalue weighted by molar-refractivity contribution is 14.1. The summed E-state index contributed by atoms with van der Waals surface area (Å²) in [5.74, 6) is -1.59. The van der Waals surface area contributed by atoms with Crippen molar-refractivity contribution >= 4 is 40.6 Å². The molecule has 0 aromatic heterocycles. The molecule has 31 heavy (non-hydrogen) atoms. The zero-order chi connectivity index (χ0) is 22.8. The number of carbonyl (C=O) groups is 3. The Morgan fingerprint density at radius 3 is 2.16 bits per heavy atom. The van der Waals surface area contributed by atoms with Crippen LogP contribution < -0.4 is 10.6 Å². The van der Waals surface area contributed by atoms with Crippen molar-refractivity contribution in [1.82, 2.24) is 10.6 Å². The first-order valence-electron chi connectivity index (χ1n) is 9.99. The van der Waals surface area contributed by atoms with E-state index in [9.17, 15) is 19.5 Å². The molecule has 0 aliphatic heterocycles. The minimum atomic E-state index is -1.14. The van der Waals surface area contributed by atoms with Crippen LogP contribution in [0.4, 0.5) is 4.79 Å². The summed E-state index contributed by atoms with van der Waals surface area (Å²) >= 11 is 2.17. The van der Waals surface area contributed by atoms with Crippen molar-refractivity contribution in [2.24, 2.45) is 5.92 Å². The second-order valence-electron chi connectivity index (χ2n) is 7.62. The predicted octanol–water partition coefficient (Wildman–Crippen LogP) is 3.74. The quantitative estimate of drug-likeness (QED) is 0.400. The summed E-state index contributed by atoms with van der Waals surface area (Å²) in [6.45, 7) is 3.91. The highest BCUT2D eigenvalue weighted by Crippen LogP contribution is 2.11. The number of hydrogen-bond acceptors (Lipinski definition) is 4. The van der Waals surface area contributed by atoms with E-state index in [1.165, 1.54) is 0 Å². The molecule has 166 valence electrons. The fourth-order valence-electron chi connectivity index (χ4n) is 2.94. The van der Waals surface area contributed by atoms with Gasteiger partial charge in [0.15, 0.2) is 0 Å². The number of carbonyl (C=O) groups excluding carboxylic acids is 2. The second-order valence-corrected chi connectivity index (χ2v) is 8.86. The van der Waals surface area contributed by atoms with Gasteiger partial charge in [0.1, 0.15) is 18.7 Å². The van der Waals surface area contributed by atoms with Crippen LogP contribution in [0, 0.1) is 9.49 Å². The highest BCUT2D eigenvalue weighted by Gasteiger charge is 2.27. The average Bonchev–Trinajstić information content (AvgIpc) is 2.73. The fourth-order valence-corrected chi connectivity index (χ4v) is 3.30. The van der Waals surface area contributed by atoms with E-state index in [0.717, 1.165) is 14.7 Å². The van der Waals surface area contributed by atoms with Gasteiger partial charge in [-0.25, -0.2) is 9.59 Å². The summed E-state index contributed by atoms with van der Waals surface area (Å²) in [6, 6.07) is 14.6. The van der Waals surface area contributed by atoms with Crippen molar-refractivity contribution < 1.29 is 24.2 Å². The van der Waals surface area contributed by atoms with Gasteiger partial charge in [-0.2, -0.15) is 0 Å². The number of carboxylic acids is 1. The molecule has 0 fully saturated rings. The maximum atomic E-state index is 12.8. The largest absolute Gasteiger partial charge is 0.480 e. The van der Waals surface area contributed by atoms with Crippen molar-refractivity contribution in [2.75, 3.05) is 0 Å². The van der Waals surface area contributed by atoms with Gasteiger partial charge in [0.25, 0.3) is 0 Å².